The smallest absolute Gasteiger partial charge is 0.225 e. The standard InChI is InChI=1S/C15H17BrN2O2/c1-9(12-6-4-5-7-14(12)16)17-15(19)8-13-10(2)18-20-11(13)3/h4-7,9H,8H2,1-3H3,(H,17,19). The predicted octanol–water partition coefficient (Wildman–Crippen LogP) is 3.47. The van der Waals surface area contributed by atoms with Crippen LogP contribution in [0.5, 0.6) is 0 Å². The van der Waals surface area contributed by atoms with Crippen molar-refractivity contribution in [3.8, 4) is 0 Å². The molecule has 1 unspecified atom stereocenters. The van der Waals surface area contributed by atoms with E-state index in [1.165, 1.54) is 0 Å². The first kappa shape index (κ1) is 14.8. The van der Waals surface area contributed by atoms with Crippen LogP contribution in [0.25, 0.3) is 0 Å². The molecular formula is C15H17BrN2O2. The summed E-state index contributed by atoms with van der Waals surface area (Å²) in [6, 6.07) is 7.80. The Bertz CT molecular complexity index is 603. The third kappa shape index (κ3) is 3.28. The number of benzene rings is 1. The van der Waals surface area contributed by atoms with E-state index in [-0.39, 0.29) is 18.4 Å². The van der Waals surface area contributed by atoms with E-state index >= 15 is 0 Å². The second-order valence-corrected chi connectivity index (χ2v) is 5.64. The van der Waals surface area contributed by atoms with Crippen molar-refractivity contribution < 1.29 is 9.32 Å². The van der Waals surface area contributed by atoms with E-state index in [1.54, 1.807) is 0 Å². The Labute approximate surface area is 126 Å². The molecular weight excluding hydrogens is 320 g/mol. The van der Waals surface area contributed by atoms with E-state index in [0.29, 0.717) is 5.76 Å². The SMILES string of the molecule is Cc1noc(C)c1CC(=O)NC(C)c1ccccc1Br. The molecule has 1 amide bonds. The maximum Gasteiger partial charge on any atom is 0.225 e. The molecule has 0 radical (unpaired) electrons. The molecule has 0 spiro atoms. The Hall–Kier alpha value is -1.62. The minimum absolute atomic E-state index is 0.0392. The van der Waals surface area contributed by atoms with Crippen LogP contribution < -0.4 is 5.32 Å². The number of nitrogens with zero attached hydrogens (tertiary/aromatic N) is 1. The lowest BCUT2D eigenvalue weighted by molar-refractivity contribution is -0.121. The number of amides is 1. The van der Waals surface area contributed by atoms with Crippen LogP contribution in [0.3, 0.4) is 0 Å². The van der Waals surface area contributed by atoms with Crippen molar-refractivity contribution in [3.63, 3.8) is 0 Å². The van der Waals surface area contributed by atoms with Gasteiger partial charge in [-0.2, -0.15) is 0 Å². The van der Waals surface area contributed by atoms with Crippen molar-refractivity contribution >= 4 is 21.8 Å². The van der Waals surface area contributed by atoms with Crippen LogP contribution in [0.2, 0.25) is 0 Å². The number of carbonyl (C=O) groups is 1. The molecule has 0 aliphatic rings. The number of nitrogens with one attached hydrogen (secondary N) is 1. The number of aryl methyl sites for hydroxylation is 2. The highest BCUT2D eigenvalue weighted by Gasteiger charge is 2.16. The largest absolute Gasteiger partial charge is 0.361 e. The molecule has 1 aromatic heterocycles. The molecule has 0 saturated carbocycles. The van der Waals surface area contributed by atoms with E-state index < -0.39 is 0 Å². The molecule has 0 bridgehead atoms. The lowest BCUT2D eigenvalue weighted by atomic mass is 10.1. The second-order valence-electron chi connectivity index (χ2n) is 4.79. The normalized spacial score (nSPS) is 12.2. The number of rotatable bonds is 4. The monoisotopic (exact) mass is 336 g/mol. The number of aromatic nitrogens is 1. The second kappa shape index (κ2) is 6.22. The first-order valence-electron chi connectivity index (χ1n) is 6.44. The summed E-state index contributed by atoms with van der Waals surface area (Å²) >= 11 is 3.49. The third-order valence-electron chi connectivity index (χ3n) is 3.27. The molecule has 1 aromatic carbocycles. The van der Waals surface area contributed by atoms with Gasteiger partial charge in [0.25, 0.3) is 0 Å². The molecule has 4 nitrogen and oxygen atoms in total. The van der Waals surface area contributed by atoms with Crippen molar-refractivity contribution in [3.05, 3.63) is 51.3 Å². The Morgan fingerprint density at radius 2 is 2.10 bits per heavy atom. The maximum absolute atomic E-state index is 12.1. The summed E-state index contributed by atoms with van der Waals surface area (Å²) < 4.78 is 6.06. The summed E-state index contributed by atoms with van der Waals surface area (Å²) in [5.74, 6) is 0.661. The first-order valence-corrected chi connectivity index (χ1v) is 7.24. The van der Waals surface area contributed by atoms with Gasteiger partial charge in [0.2, 0.25) is 5.91 Å². The summed E-state index contributed by atoms with van der Waals surface area (Å²) in [7, 11) is 0. The fraction of sp³-hybridized carbons (Fsp3) is 0.333. The van der Waals surface area contributed by atoms with Gasteiger partial charge in [-0.15, -0.1) is 0 Å². The van der Waals surface area contributed by atoms with Gasteiger partial charge in [0.1, 0.15) is 5.76 Å². The van der Waals surface area contributed by atoms with Crippen molar-refractivity contribution in [2.45, 2.75) is 33.2 Å². The quantitative estimate of drug-likeness (QED) is 0.929. The topological polar surface area (TPSA) is 55.1 Å². The van der Waals surface area contributed by atoms with Crippen LogP contribution in [0.4, 0.5) is 0 Å². The van der Waals surface area contributed by atoms with Gasteiger partial charge in [0.15, 0.2) is 0 Å². The molecule has 1 atom stereocenters. The summed E-state index contributed by atoms with van der Waals surface area (Å²) in [5, 5.41) is 6.85. The van der Waals surface area contributed by atoms with Crippen molar-refractivity contribution in [2.24, 2.45) is 0 Å². The molecule has 106 valence electrons. The molecule has 20 heavy (non-hydrogen) atoms. The van der Waals surface area contributed by atoms with Crippen LogP contribution in [0.1, 0.15) is 35.5 Å². The molecule has 0 aliphatic heterocycles. The van der Waals surface area contributed by atoms with Gasteiger partial charge in [-0.25, -0.2) is 0 Å². The Balaban J connectivity index is 2.04. The molecule has 5 heteroatoms. The molecule has 2 aromatic rings. The maximum atomic E-state index is 12.1. The average molecular weight is 337 g/mol. The fourth-order valence-corrected chi connectivity index (χ4v) is 2.74. The van der Waals surface area contributed by atoms with Gasteiger partial charge in [-0.1, -0.05) is 39.3 Å². The minimum Gasteiger partial charge on any atom is -0.361 e. The number of hydrogen-bond donors (Lipinski definition) is 1. The fourth-order valence-electron chi connectivity index (χ4n) is 2.11. The van der Waals surface area contributed by atoms with E-state index in [1.807, 2.05) is 45.0 Å². The van der Waals surface area contributed by atoms with Gasteiger partial charge in [-0.3, -0.25) is 4.79 Å². The Morgan fingerprint density at radius 3 is 2.70 bits per heavy atom. The van der Waals surface area contributed by atoms with Gasteiger partial charge in [0, 0.05) is 10.0 Å². The zero-order valence-electron chi connectivity index (χ0n) is 11.7. The summed E-state index contributed by atoms with van der Waals surface area (Å²) in [6.45, 7) is 5.63. The van der Waals surface area contributed by atoms with E-state index in [2.05, 4.69) is 26.4 Å². The number of carbonyl (C=O) groups excluding carboxylic acids is 1. The predicted molar refractivity (Wildman–Crippen MR) is 80.4 cm³/mol. The van der Waals surface area contributed by atoms with Gasteiger partial charge in [-0.05, 0) is 32.4 Å². The van der Waals surface area contributed by atoms with E-state index in [9.17, 15) is 4.79 Å². The van der Waals surface area contributed by atoms with Gasteiger partial charge < -0.3 is 9.84 Å². The molecule has 0 saturated heterocycles. The molecule has 0 aliphatic carbocycles. The summed E-state index contributed by atoms with van der Waals surface area (Å²) in [5.41, 5.74) is 2.69. The highest BCUT2D eigenvalue weighted by Crippen LogP contribution is 2.23. The molecule has 0 fully saturated rings. The van der Waals surface area contributed by atoms with Gasteiger partial charge in [0.05, 0.1) is 18.2 Å². The van der Waals surface area contributed by atoms with Crippen LogP contribution in [0.15, 0.2) is 33.3 Å². The van der Waals surface area contributed by atoms with Crippen molar-refractivity contribution in [1.82, 2.24) is 10.5 Å². The summed E-state index contributed by atoms with van der Waals surface area (Å²) in [6.07, 6.45) is 0.288. The molecule has 2 rings (SSSR count). The minimum atomic E-state index is -0.0569. The summed E-state index contributed by atoms with van der Waals surface area (Å²) in [4.78, 5) is 12.1. The van der Waals surface area contributed by atoms with Gasteiger partial charge >= 0.3 is 0 Å². The molecule has 1 heterocycles. The first-order chi connectivity index (χ1) is 9.49. The lowest BCUT2D eigenvalue weighted by Gasteiger charge is -2.15. The van der Waals surface area contributed by atoms with Crippen LogP contribution in [0, 0.1) is 13.8 Å². The average Bonchev–Trinajstić information content (AvgIpc) is 2.71. The van der Waals surface area contributed by atoms with E-state index in [0.717, 1.165) is 21.3 Å². The highest BCUT2D eigenvalue weighted by molar-refractivity contribution is 9.10. The third-order valence-corrected chi connectivity index (χ3v) is 3.99. The Kier molecular flexibility index (Phi) is 4.60. The van der Waals surface area contributed by atoms with Crippen LogP contribution >= 0.6 is 15.9 Å². The van der Waals surface area contributed by atoms with Crippen LogP contribution in [-0.2, 0) is 11.2 Å². The highest BCUT2D eigenvalue weighted by atomic mass is 79.9. The van der Waals surface area contributed by atoms with E-state index in [4.69, 9.17) is 4.52 Å². The number of hydrogen-bond acceptors (Lipinski definition) is 3. The zero-order valence-corrected chi connectivity index (χ0v) is 13.3. The van der Waals surface area contributed by atoms with Crippen LogP contribution in [-0.4, -0.2) is 11.1 Å². The Morgan fingerprint density at radius 1 is 1.40 bits per heavy atom. The zero-order chi connectivity index (χ0) is 14.7. The number of halogens is 1. The van der Waals surface area contributed by atoms with Crippen molar-refractivity contribution in [1.29, 1.82) is 0 Å². The molecule has 1 N–H and O–H groups in total. The lowest BCUT2D eigenvalue weighted by Crippen LogP contribution is -2.28. The van der Waals surface area contributed by atoms with Crippen molar-refractivity contribution in [2.75, 3.05) is 0 Å².